The number of hydrogen-bond donors (Lipinski definition) is 0. The van der Waals surface area contributed by atoms with E-state index in [1.165, 1.54) is 6.33 Å². The Labute approximate surface area is 99.1 Å². The van der Waals surface area contributed by atoms with E-state index in [1.54, 1.807) is 29.2 Å². The van der Waals surface area contributed by atoms with Crippen LogP contribution in [0.25, 0.3) is 0 Å². The maximum atomic E-state index is 10.8. The number of benzene rings is 1. The van der Waals surface area contributed by atoms with Crippen molar-refractivity contribution in [3.63, 3.8) is 0 Å². The van der Waals surface area contributed by atoms with Gasteiger partial charge in [-0.05, 0) is 25.1 Å². The summed E-state index contributed by atoms with van der Waals surface area (Å²) in [6.45, 7) is 3.05. The van der Waals surface area contributed by atoms with E-state index in [0.29, 0.717) is 18.7 Å². The lowest BCUT2D eigenvalue weighted by Crippen LogP contribution is -2.04. The zero-order valence-corrected chi connectivity index (χ0v) is 9.54. The summed E-state index contributed by atoms with van der Waals surface area (Å²) < 4.78 is 7.19. The lowest BCUT2D eigenvalue weighted by Gasteiger charge is -2.10. The average Bonchev–Trinajstić information content (AvgIpc) is 2.84. The minimum Gasteiger partial charge on any atom is -0.494 e. The third-order valence-corrected chi connectivity index (χ3v) is 2.32. The molecule has 0 aliphatic heterocycles. The second-order valence-electron chi connectivity index (χ2n) is 3.51. The molecule has 0 aliphatic carbocycles. The molecule has 17 heavy (non-hydrogen) atoms. The van der Waals surface area contributed by atoms with Gasteiger partial charge in [0, 0.05) is 11.1 Å². The number of ether oxygens (including phenoxy) is 1. The molecule has 0 aliphatic rings. The Balaban J connectivity index is 2.30. The number of aromatic nitrogens is 3. The zero-order valence-electron chi connectivity index (χ0n) is 9.54. The maximum absolute atomic E-state index is 10.8. The van der Waals surface area contributed by atoms with E-state index in [1.807, 2.05) is 6.92 Å². The summed E-state index contributed by atoms with van der Waals surface area (Å²) >= 11 is 0. The third kappa shape index (κ3) is 2.69. The molecule has 5 nitrogen and oxygen atoms in total. The van der Waals surface area contributed by atoms with Gasteiger partial charge in [-0.15, -0.1) is 0 Å². The summed E-state index contributed by atoms with van der Waals surface area (Å²) in [6.07, 6.45) is 3.92. The summed E-state index contributed by atoms with van der Waals surface area (Å²) in [7, 11) is 0. The van der Waals surface area contributed by atoms with Crippen LogP contribution in [0.5, 0.6) is 5.75 Å². The van der Waals surface area contributed by atoms with Gasteiger partial charge in [-0.1, -0.05) is 0 Å². The van der Waals surface area contributed by atoms with Crippen LogP contribution in [0.1, 0.15) is 22.8 Å². The van der Waals surface area contributed by atoms with Crippen LogP contribution in [0.3, 0.4) is 0 Å². The van der Waals surface area contributed by atoms with Crippen LogP contribution in [0.2, 0.25) is 0 Å². The first-order valence-electron chi connectivity index (χ1n) is 5.36. The fourth-order valence-corrected chi connectivity index (χ4v) is 1.58. The zero-order chi connectivity index (χ0) is 12.1. The molecule has 1 aromatic carbocycles. The Hall–Kier alpha value is -2.17. The molecule has 0 atom stereocenters. The normalized spacial score (nSPS) is 10.2. The van der Waals surface area contributed by atoms with Crippen LogP contribution in [-0.2, 0) is 6.54 Å². The molecule has 0 saturated carbocycles. The van der Waals surface area contributed by atoms with Gasteiger partial charge in [-0.25, -0.2) is 9.67 Å². The summed E-state index contributed by atoms with van der Waals surface area (Å²) in [6, 6.07) is 5.35. The number of nitrogens with zero attached hydrogens (tertiary/aromatic N) is 3. The first kappa shape index (κ1) is 11.3. The summed E-state index contributed by atoms with van der Waals surface area (Å²) in [5, 5.41) is 4.03. The minimum atomic E-state index is 0.539. The second kappa shape index (κ2) is 5.25. The Bertz CT molecular complexity index is 494. The molecule has 1 aromatic heterocycles. The predicted molar refractivity (Wildman–Crippen MR) is 62.1 cm³/mol. The van der Waals surface area contributed by atoms with Gasteiger partial charge in [-0.3, -0.25) is 4.79 Å². The molecule has 0 unspecified atom stereocenters. The molecule has 0 radical (unpaired) electrons. The van der Waals surface area contributed by atoms with E-state index in [-0.39, 0.29) is 0 Å². The highest BCUT2D eigenvalue weighted by molar-refractivity contribution is 5.75. The Morgan fingerprint density at radius 1 is 1.47 bits per heavy atom. The average molecular weight is 231 g/mol. The molecule has 1 heterocycles. The third-order valence-electron chi connectivity index (χ3n) is 2.32. The minimum absolute atomic E-state index is 0.539. The van der Waals surface area contributed by atoms with Crippen LogP contribution in [0.15, 0.2) is 30.9 Å². The van der Waals surface area contributed by atoms with Crippen LogP contribution in [0.4, 0.5) is 0 Å². The fourth-order valence-electron chi connectivity index (χ4n) is 1.58. The Morgan fingerprint density at radius 3 is 3.00 bits per heavy atom. The Kier molecular flexibility index (Phi) is 3.49. The van der Waals surface area contributed by atoms with Gasteiger partial charge >= 0.3 is 0 Å². The van der Waals surface area contributed by atoms with E-state index in [0.717, 1.165) is 17.6 Å². The first-order chi connectivity index (χ1) is 8.33. The smallest absolute Gasteiger partial charge is 0.150 e. The molecular weight excluding hydrogens is 218 g/mol. The van der Waals surface area contributed by atoms with Gasteiger partial charge in [-0.2, -0.15) is 5.10 Å². The summed E-state index contributed by atoms with van der Waals surface area (Å²) in [5.74, 6) is 0.772. The molecule has 2 rings (SSSR count). The monoisotopic (exact) mass is 231 g/mol. The van der Waals surface area contributed by atoms with Crippen molar-refractivity contribution in [3.05, 3.63) is 42.0 Å². The van der Waals surface area contributed by atoms with Crippen molar-refractivity contribution in [2.24, 2.45) is 0 Å². The topological polar surface area (TPSA) is 57.0 Å². The SMILES string of the molecule is CCOc1ccc(C=O)cc1Cn1cncn1. The van der Waals surface area contributed by atoms with Crippen molar-refractivity contribution in [3.8, 4) is 5.75 Å². The molecule has 88 valence electrons. The van der Waals surface area contributed by atoms with Crippen LogP contribution >= 0.6 is 0 Å². The Morgan fingerprint density at radius 2 is 2.35 bits per heavy atom. The number of aldehydes is 1. The van der Waals surface area contributed by atoms with E-state index in [4.69, 9.17) is 4.74 Å². The predicted octanol–water partition coefficient (Wildman–Crippen LogP) is 1.54. The van der Waals surface area contributed by atoms with Gasteiger partial charge < -0.3 is 4.74 Å². The highest BCUT2D eigenvalue weighted by atomic mass is 16.5. The van der Waals surface area contributed by atoms with Gasteiger partial charge in [0.05, 0.1) is 13.2 Å². The van der Waals surface area contributed by atoms with Gasteiger partial charge in [0.15, 0.2) is 0 Å². The lowest BCUT2D eigenvalue weighted by atomic mass is 10.1. The largest absolute Gasteiger partial charge is 0.494 e. The fraction of sp³-hybridized carbons (Fsp3) is 0.250. The van der Waals surface area contributed by atoms with Crippen molar-refractivity contribution < 1.29 is 9.53 Å². The van der Waals surface area contributed by atoms with E-state index in [2.05, 4.69) is 10.1 Å². The molecule has 0 N–H and O–H groups in total. The lowest BCUT2D eigenvalue weighted by molar-refractivity contribution is 0.112. The van der Waals surface area contributed by atoms with Crippen LogP contribution < -0.4 is 4.74 Å². The molecular formula is C12H13N3O2. The summed E-state index contributed by atoms with van der Waals surface area (Å²) in [4.78, 5) is 14.6. The van der Waals surface area contributed by atoms with Crippen molar-refractivity contribution in [2.45, 2.75) is 13.5 Å². The van der Waals surface area contributed by atoms with Gasteiger partial charge in [0.2, 0.25) is 0 Å². The van der Waals surface area contributed by atoms with E-state index >= 15 is 0 Å². The maximum Gasteiger partial charge on any atom is 0.150 e. The summed E-state index contributed by atoms with van der Waals surface area (Å²) in [5.41, 5.74) is 1.55. The second-order valence-corrected chi connectivity index (χ2v) is 3.51. The number of carbonyl (C=O) groups excluding carboxylic acids is 1. The first-order valence-corrected chi connectivity index (χ1v) is 5.36. The number of carbonyl (C=O) groups is 1. The molecule has 0 spiro atoms. The standard InChI is InChI=1S/C12H13N3O2/c1-2-17-12-4-3-10(7-16)5-11(12)6-15-9-13-8-14-15/h3-5,7-9H,2,6H2,1H3. The molecule has 5 heteroatoms. The highest BCUT2D eigenvalue weighted by Gasteiger charge is 2.06. The molecule has 0 saturated heterocycles. The molecule has 0 bridgehead atoms. The van der Waals surface area contributed by atoms with E-state index in [9.17, 15) is 4.79 Å². The van der Waals surface area contributed by atoms with Crippen molar-refractivity contribution in [1.82, 2.24) is 14.8 Å². The van der Waals surface area contributed by atoms with Crippen LogP contribution in [-0.4, -0.2) is 27.7 Å². The quantitative estimate of drug-likeness (QED) is 0.732. The van der Waals surface area contributed by atoms with Crippen molar-refractivity contribution in [1.29, 1.82) is 0 Å². The molecule has 2 aromatic rings. The van der Waals surface area contributed by atoms with Crippen LogP contribution in [0, 0.1) is 0 Å². The molecule has 0 fully saturated rings. The highest BCUT2D eigenvalue weighted by Crippen LogP contribution is 2.20. The number of rotatable bonds is 5. The van der Waals surface area contributed by atoms with Crippen molar-refractivity contribution >= 4 is 6.29 Å². The van der Waals surface area contributed by atoms with Gasteiger partial charge in [0.1, 0.15) is 24.7 Å². The van der Waals surface area contributed by atoms with Crippen molar-refractivity contribution in [2.75, 3.05) is 6.61 Å². The van der Waals surface area contributed by atoms with E-state index < -0.39 is 0 Å². The molecule has 0 amide bonds. The van der Waals surface area contributed by atoms with Gasteiger partial charge in [0.25, 0.3) is 0 Å². The number of hydrogen-bond acceptors (Lipinski definition) is 4.